The molecule has 0 saturated carbocycles. The monoisotopic (exact) mass is 274 g/mol. The second-order valence-corrected chi connectivity index (χ2v) is 3.73. The average molecular weight is 275 g/mol. The first kappa shape index (κ1) is 9.48. The molecule has 0 aliphatic carbocycles. The van der Waals surface area contributed by atoms with Gasteiger partial charge in [0.1, 0.15) is 0 Å². The van der Waals surface area contributed by atoms with Gasteiger partial charge in [0.15, 0.2) is 10.4 Å². The lowest BCUT2D eigenvalue weighted by Crippen LogP contribution is -1.97. The van der Waals surface area contributed by atoms with E-state index in [1.807, 2.05) is 0 Å². The normalized spacial score (nSPS) is 10.7. The molecule has 0 fully saturated rings. The van der Waals surface area contributed by atoms with Gasteiger partial charge >= 0.3 is 5.97 Å². The van der Waals surface area contributed by atoms with Crippen molar-refractivity contribution >= 4 is 39.0 Å². The van der Waals surface area contributed by atoms with Gasteiger partial charge < -0.3 is 5.11 Å². The molecule has 0 radical (unpaired) electrons. The molecule has 2 aromatic heterocycles. The maximum absolute atomic E-state index is 10.8. The van der Waals surface area contributed by atoms with Crippen molar-refractivity contribution in [3.8, 4) is 0 Å². The number of fused-ring (bicyclic) bond motifs is 1. The molecule has 1 N–H and O–H groups in total. The number of imidazole rings is 1. The highest BCUT2D eigenvalue weighted by Crippen LogP contribution is 2.24. The van der Waals surface area contributed by atoms with Crippen molar-refractivity contribution in [1.82, 2.24) is 9.38 Å². The fraction of sp³-hybridized carbons (Fsp3) is 0. The molecule has 2 heterocycles. The second kappa shape index (κ2) is 3.25. The molecule has 4 nitrogen and oxygen atoms in total. The number of halogens is 2. The lowest BCUT2D eigenvalue weighted by atomic mass is 10.3. The van der Waals surface area contributed by atoms with Crippen molar-refractivity contribution in [2.45, 2.75) is 0 Å². The molecular weight excluding hydrogens is 271 g/mol. The fourth-order valence-corrected chi connectivity index (χ4v) is 1.94. The van der Waals surface area contributed by atoms with Gasteiger partial charge in [-0.1, -0.05) is 11.6 Å². The highest BCUT2D eigenvalue weighted by atomic mass is 79.9. The predicted molar refractivity (Wildman–Crippen MR) is 54.9 cm³/mol. The molecule has 6 heteroatoms. The third kappa shape index (κ3) is 1.29. The molecule has 0 atom stereocenters. The fourth-order valence-electron chi connectivity index (χ4n) is 1.21. The second-order valence-electron chi connectivity index (χ2n) is 2.61. The van der Waals surface area contributed by atoms with Gasteiger partial charge in [-0.15, -0.1) is 0 Å². The third-order valence-electron chi connectivity index (χ3n) is 1.77. The molecule has 0 saturated heterocycles. The van der Waals surface area contributed by atoms with Crippen LogP contribution in [0.4, 0.5) is 0 Å². The number of carboxylic acids is 1. The summed E-state index contributed by atoms with van der Waals surface area (Å²) in [7, 11) is 0. The Kier molecular flexibility index (Phi) is 2.20. The van der Waals surface area contributed by atoms with Crippen LogP contribution in [0.2, 0.25) is 5.02 Å². The van der Waals surface area contributed by atoms with E-state index in [4.69, 9.17) is 16.7 Å². The standard InChI is InChI=1S/C8H4BrClN2O2/c9-8-11-5(7(13)14)6-4(10)2-1-3-12(6)8/h1-3H,(H,13,14). The van der Waals surface area contributed by atoms with Gasteiger partial charge in [0.05, 0.1) is 10.5 Å². The maximum Gasteiger partial charge on any atom is 0.356 e. The average Bonchev–Trinajstić information content (AvgIpc) is 2.46. The first-order valence-electron chi connectivity index (χ1n) is 3.66. The summed E-state index contributed by atoms with van der Waals surface area (Å²) in [6.07, 6.45) is 1.69. The Hall–Kier alpha value is -1.07. The molecule has 0 bridgehead atoms. The van der Waals surface area contributed by atoms with E-state index in [1.54, 1.807) is 22.7 Å². The summed E-state index contributed by atoms with van der Waals surface area (Å²) in [6.45, 7) is 0. The number of hydrogen-bond donors (Lipinski definition) is 1. The van der Waals surface area contributed by atoms with Crippen molar-refractivity contribution < 1.29 is 9.90 Å². The molecule has 0 aromatic carbocycles. The highest BCUT2D eigenvalue weighted by molar-refractivity contribution is 9.10. The van der Waals surface area contributed by atoms with Crippen LogP contribution in [-0.4, -0.2) is 20.5 Å². The minimum atomic E-state index is -1.10. The Balaban J connectivity index is 2.93. The first-order chi connectivity index (χ1) is 6.61. The van der Waals surface area contributed by atoms with Crippen LogP contribution in [0.3, 0.4) is 0 Å². The van der Waals surface area contributed by atoms with Gasteiger partial charge in [-0.3, -0.25) is 4.40 Å². The molecule has 72 valence electrons. The molecular formula is C8H4BrClN2O2. The number of carbonyl (C=O) groups is 1. The van der Waals surface area contributed by atoms with Crippen LogP contribution < -0.4 is 0 Å². The zero-order valence-electron chi connectivity index (χ0n) is 6.74. The topological polar surface area (TPSA) is 54.6 Å². The van der Waals surface area contributed by atoms with E-state index in [-0.39, 0.29) is 5.69 Å². The Morgan fingerprint density at radius 1 is 1.64 bits per heavy atom. The lowest BCUT2D eigenvalue weighted by Gasteiger charge is -1.96. The van der Waals surface area contributed by atoms with Crippen molar-refractivity contribution in [3.63, 3.8) is 0 Å². The van der Waals surface area contributed by atoms with Crippen LogP contribution in [0.15, 0.2) is 23.1 Å². The SMILES string of the molecule is O=C(O)c1nc(Br)n2cccc(Cl)c12. The predicted octanol–water partition coefficient (Wildman–Crippen LogP) is 2.45. The molecule has 0 aliphatic rings. The summed E-state index contributed by atoms with van der Waals surface area (Å²) in [6, 6.07) is 3.34. The highest BCUT2D eigenvalue weighted by Gasteiger charge is 2.17. The van der Waals surface area contributed by atoms with Gasteiger partial charge in [-0.25, -0.2) is 9.78 Å². The summed E-state index contributed by atoms with van der Waals surface area (Å²) in [5.74, 6) is -1.10. The molecule has 0 aliphatic heterocycles. The number of aromatic nitrogens is 2. The van der Waals surface area contributed by atoms with Crippen LogP contribution in [0.5, 0.6) is 0 Å². The molecule has 0 unspecified atom stereocenters. The Morgan fingerprint density at radius 3 is 3.00 bits per heavy atom. The lowest BCUT2D eigenvalue weighted by molar-refractivity contribution is 0.0693. The van der Waals surface area contributed by atoms with Gasteiger partial charge in [0, 0.05) is 6.20 Å². The molecule has 0 spiro atoms. The van der Waals surface area contributed by atoms with Crippen molar-refractivity contribution in [2.24, 2.45) is 0 Å². The van der Waals surface area contributed by atoms with Crippen LogP contribution in [-0.2, 0) is 0 Å². The largest absolute Gasteiger partial charge is 0.476 e. The number of carboxylic acid groups (broad SMARTS) is 1. The van der Waals surface area contributed by atoms with E-state index < -0.39 is 5.97 Å². The number of pyridine rings is 1. The van der Waals surface area contributed by atoms with Gasteiger partial charge in [0.2, 0.25) is 0 Å². The molecule has 2 aromatic rings. The van der Waals surface area contributed by atoms with Crippen LogP contribution in [0, 0.1) is 0 Å². The summed E-state index contributed by atoms with van der Waals surface area (Å²) < 4.78 is 2.00. The molecule has 14 heavy (non-hydrogen) atoms. The van der Waals surface area contributed by atoms with Crippen molar-refractivity contribution in [3.05, 3.63) is 33.8 Å². The zero-order valence-corrected chi connectivity index (χ0v) is 9.08. The number of nitrogens with zero attached hydrogens (tertiary/aromatic N) is 2. The quantitative estimate of drug-likeness (QED) is 0.870. The minimum Gasteiger partial charge on any atom is -0.476 e. The summed E-state index contributed by atoms with van der Waals surface area (Å²) >= 11 is 9.02. The van der Waals surface area contributed by atoms with Gasteiger partial charge in [-0.05, 0) is 28.1 Å². The van der Waals surface area contributed by atoms with Crippen LogP contribution in [0.1, 0.15) is 10.5 Å². The Morgan fingerprint density at radius 2 is 2.36 bits per heavy atom. The zero-order chi connectivity index (χ0) is 10.3. The molecule has 2 rings (SSSR count). The van der Waals surface area contributed by atoms with Crippen molar-refractivity contribution in [1.29, 1.82) is 0 Å². The van der Waals surface area contributed by atoms with Gasteiger partial charge in [-0.2, -0.15) is 0 Å². The Labute approximate surface area is 92.3 Å². The van der Waals surface area contributed by atoms with E-state index in [1.165, 1.54) is 0 Å². The smallest absolute Gasteiger partial charge is 0.356 e. The van der Waals surface area contributed by atoms with Crippen LogP contribution in [0.25, 0.3) is 5.52 Å². The number of aromatic carboxylic acids is 1. The van der Waals surface area contributed by atoms with E-state index in [0.29, 0.717) is 15.3 Å². The van der Waals surface area contributed by atoms with E-state index in [2.05, 4.69) is 20.9 Å². The number of hydrogen-bond acceptors (Lipinski definition) is 2. The first-order valence-corrected chi connectivity index (χ1v) is 4.83. The molecule has 0 amide bonds. The maximum atomic E-state index is 10.8. The van der Waals surface area contributed by atoms with E-state index in [0.717, 1.165) is 0 Å². The van der Waals surface area contributed by atoms with E-state index >= 15 is 0 Å². The summed E-state index contributed by atoms with van der Waals surface area (Å²) in [5.41, 5.74) is 0.344. The Bertz CT molecular complexity index is 523. The van der Waals surface area contributed by atoms with Crippen LogP contribution >= 0.6 is 27.5 Å². The minimum absolute atomic E-state index is 0.0533. The summed E-state index contributed by atoms with van der Waals surface area (Å²) in [4.78, 5) is 14.7. The number of rotatable bonds is 1. The van der Waals surface area contributed by atoms with Gasteiger partial charge in [0.25, 0.3) is 0 Å². The summed E-state index contributed by atoms with van der Waals surface area (Å²) in [5, 5.41) is 9.23. The third-order valence-corrected chi connectivity index (χ3v) is 2.64. The van der Waals surface area contributed by atoms with E-state index in [9.17, 15) is 4.79 Å². The van der Waals surface area contributed by atoms with Crippen molar-refractivity contribution in [2.75, 3.05) is 0 Å².